The topological polar surface area (TPSA) is 39.1 Å². The van der Waals surface area contributed by atoms with Crippen LogP contribution in [0.1, 0.15) is 26.6 Å². The molecule has 0 aromatic carbocycles. The highest BCUT2D eigenvalue weighted by Gasteiger charge is 2.18. The summed E-state index contributed by atoms with van der Waals surface area (Å²) in [5, 5.41) is 3.45. The second-order valence-electron chi connectivity index (χ2n) is 3.98. The summed E-state index contributed by atoms with van der Waals surface area (Å²) in [4.78, 5) is 4.35. The molecule has 0 amide bonds. The number of hydrogen-bond donors (Lipinski definition) is 1. The minimum Gasteiger partial charge on any atom is -0.377 e. The number of imidazole rings is 1. The fraction of sp³-hybridized carbons (Fsp3) is 0.750. The Balaban J connectivity index is 2.60. The molecular weight excluding hydrogens is 202 g/mol. The van der Waals surface area contributed by atoms with Gasteiger partial charge in [0, 0.05) is 38.5 Å². The van der Waals surface area contributed by atoms with E-state index in [1.165, 1.54) is 0 Å². The van der Waals surface area contributed by atoms with Gasteiger partial charge in [0.1, 0.15) is 5.82 Å². The molecular formula is C12H23N3O. The summed E-state index contributed by atoms with van der Waals surface area (Å²) in [5.41, 5.74) is 0. The Morgan fingerprint density at radius 3 is 2.75 bits per heavy atom. The quantitative estimate of drug-likeness (QED) is 0.761. The van der Waals surface area contributed by atoms with Gasteiger partial charge < -0.3 is 14.6 Å². The number of rotatable bonds is 7. The first-order valence-corrected chi connectivity index (χ1v) is 6.00. The van der Waals surface area contributed by atoms with E-state index in [4.69, 9.17) is 4.74 Å². The van der Waals surface area contributed by atoms with E-state index in [2.05, 4.69) is 28.7 Å². The van der Waals surface area contributed by atoms with Crippen molar-refractivity contribution in [3.8, 4) is 0 Å². The fourth-order valence-electron chi connectivity index (χ4n) is 1.84. The predicted molar refractivity (Wildman–Crippen MR) is 65.5 cm³/mol. The minimum absolute atomic E-state index is 0.210. The van der Waals surface area contributed by atoms with Gasteiger partial charge in [0.2, 0.25) is 0 Å². The normalized spacial score (nSPS) is 15.0. The monoisotopic (exact) mass is 225 g/mol. The van der Waals surface area contributed by atoms with Crippen molar-refractivity contribution in [3.05, 3.63) is 18.2 Å². The second kappa shape index (κ2) is 6.66. The maximum Gasteiger partial charge on any atom is 0.110 e. The van der Waals surface area contributed by atoms with Gasteiger partial charge in [-0.1, -0.05) is 6.92 Å². The highest BCUT2D eigenvalue weighted by atomic mass is 16.5. The molecule has 1 rings (SSSR count). The van der Waals surface area contributed by atoms with Crippen molar-refractivity contribution < 1.29 is 4.74 Å². The highest BCUT2D eigenvalue weighted by molar-refractivity contribution is 4.96. The number of aryl methyl sites for hydroxylation is 1. The van der Waals surface area contributed by atoms with E-state index >= 15 is 0 Å². The smallest absolute Gasteiger partial charge is 0.110 e. The number of hydrogen-bond acceptors (Lipinski definition) is 3. The SMILES string of the molecule is CCNC(Cc1nccn1C)C(C)OCC. The van der Waals surface area contributed by atoms with Gasteiger partial charge in [-0.3, -0.25) is 0 Å². The third kappa shape index (κ3) is 3.61. The molecule has 1 aromatic rings. The van der Waals surface area contributed by atoms with Crippen LogP contribution in [0.15, 0.2) is 12.4 Å². The molecule has 2 unspecified atom stereocenters. The molecule has 4 nitrogen and oxygen atoms in total. The van der Waals surface area contributed by atoms with E-state index < -0.39 is 0 Å². The molecule has 0 radical (unpaired) electrons. The van der Waals surface area contributed by atoms with Crippen LogP contribution in [0.2, 0.25) is 0 Å². The Kier molecular flexibility index (Phi) is 5.49. The van der Waals surface area contributed by atoms with Crippen LogP contribution in [0.25, 0.3) is 0 Å². The summed E-state index contributed by atoms with van der Waals surface area (Å²) in [6, 6.07) is 0.325. The molecule has 0 aliphatic heterocycles. The third-order valence-corrected chi connectivity index (χ3v) is 2.79. The maximum atomic E-state index is 5.65. The molecule has 1 heterocycles. The molecule has 0 saturated heterocycles. The number of ether oxygens (including phenoxy) is 1. The summed E-state index contributed by atoms with van der Waals surface area (Å²) in [6.45, 7) is 7.96. The zero-order valence-electron chi connectivity index (χ0n) is 10.7. The summed E-state index contributed by atoms with van der Waals surface area (Å²) in [5.74, 6) is 1.09. The van der Waals surface area contributed by atoms with Crippen molar-refractivity contribution in [2.75, 3.05) is 13.2 Å². The summed E-state index contributed by atoms with van der Waals surface area (Å²) < 4.78 is 7.70. The van der Waals surface area contributed by atoms with E-state index in [9.17, 15) is 0 Å². The van der Waals surface area contributed by atoms with Gasteiger partial charge in [0.15, 0.2) is 0 Å². The number of nitrogens with zero attached hydrogens (tertiary/aromatic N) is 2. The zero-order chi connectivity index (χ0) is 12.0. The molecule has 16 heavy (non-hydrogen) atoms. The first-order chi connectivity index (χ1) is 7.69. The van der Waals surface area contributed by atoms with Crippen molar-refractivity contribution in [1.82, 2.24) is 14.9 Å². The van der Waals surface area contributed by atoms with Crippen LogP contribution in [-0.2, 0) is 18.2 Å². The van der Waals surface area contributed by atoms with Gasteiger partial charge in [-0.25, -0.2) is 4.98 Å². The van der Waals surface area contributed by atoms with Gasteiger partial charge in [-0.2, -0.15) is 0 Å². The van der Waals surface area contributed by atoms with E-state index in [1.807, 2.05) is 26.4 Å². The van der Waals surface area contributed by atoms with Crippen LogP contribution in [0, 0.1) is 0 Å². The van der Waals surface area contributed by atoms with E-state index in [0.717, 1.165) is 25.4 Å². The van der Waals surface area contributed by atoms with E-state index in [1.54, 1.807) is 0 Å². The summed E-state index contributed by atoms with van der Waals surface area (Å²) in [7, 11) is 2.02. The number of likely N-dealkylation sites (N-methyl/N-ethyl adjacent to an activating group) is 1. The molecule has 1 aromatic heterocycles. The van der Waals surface area contributed by atoms with Gasteiger partial charge >= 0.3 is 0 Å². The molecule has 0 saturated carbocycles. The van der Waals surface area contributed by atoms with Crippen molar-refractivity contribution >= 4 is 0 Å². The lowest BCUT2D eigenvalue weighted by atomic mass is 10.1. The Labute approximate surface area is 98.0 Å². The van der Waals surface area contributed by atoms with Crippen LogP contribution in [0.3, 0.4) is 0 Å². The first kappa shape index (κ1) is 13.2. The average Bonchev–Trinajstić information content (AvgIpc) is 2.64. The summed E-state index contributed by atoms with van der Waals surface area (Å²) in [6.07, 6.45) is 4.92. The van der Waals surface area contributed by atoms with Crippen molar-refractivity contribution in [3.63, 3.8) is 0 Å². The second-order valence-corrected chi connectivity index (χ2v) is 3.98. The molecule has 2 atom stereocenters. The van der Waals surface area contributed by atoms with E-state index in [-0.39, 0.29) is 6.10 Å². The van der Waals surface area contributed by atoms with Crippen LogP contribution >= 0.6 is 0 Å². The number of aromatic nitrogens is 2. The van der Waals surface area contributed by atoms with Crippen molar-refractivity contribution in [2.24, 2.45) is 7.05 Å². The van der Waals surface area contributed by atoms with Crippen molar-refractivity contribution in [2.45, 2.75) is 39.3 Å². The lowest BCUT2D eigenvalue weighted by Gasteiger charge is -2.24. The molecule has 0 aliphatic rings. The molecule has 0 bridgehead atoms. The molecule has 92 valence electrons. The third-order valence-electron chi connectivity index (χ3n) is 2.79. The maximum absolute atomic E-state index is 5.65. The lowest BCUT2D eigenvalue weighted by molar-refractivity contribution is 0.0474. The predicted octanol–water partition coefficient (Wildman–Crippen LogP) is 1.37. The molecule has 4 heteroatoms. The largest absolute Gasteiger partial charge is 0.377 e. The van der Waals surface area contributed by atoms with Crippen LogP contribution < -0.4 is 5.32 Å². The molecule has 0 aliphatic carbocycles. The highest BCUT2D eigenvalue weighted by Crippen LogP contribution is 2.06. The van der Waals surface area contributed by atoms with Crippen LogP contribution in [-0.4, -0.2) is 34.8 Å². The molecule has 0 fully saturated rings. The van der Waals surface area contributed by atoms with Gasteiger partial charge in [0.05, 0.1) is 6.10 Å². The minimum atomic E-state index is 0.210. The Morgan fingerprint density at radius 2 is 2.25 bits per heavy atom. The first-order valence-electron chi connectivity index (χ1n) is 6.00. The van der Waals surface area contributed by atoms with Crippen LogP contribution in [0.5, 0.6) is 0 Å². The Morgan fingerprint density at radius 1 is 1.50 bits per heavy atom. The standard InChI is InChI=1S/C12H23N3O/c1-5-13-11(10(3)16-6-2)9-12-14-7-8-15(12)4/h7-8,10-11,13H,5-6,9H2,1-4H3. The van der Waals surface area contributed by atoms with Crippen molar-refractivity contribution in [1.29, 1.82) is 0 Å². The summed E-state index contributed by atoms with van der Waals surface area (Å²) >= 11 is 0. The zero-order valence-corrected chi connectivity index (χ0v) is 10.7. The van der Waals surface area contributed by atoms with Gasteiger partial charge in [0.25, 0.3) is 0 Å². The lowest BCUT2D eigenvalue weighted by Crippen LogP contribution is -2.42. The van der Waals surface area contributed by atoms with Crippen LogP contribution in [0.4, 0.5) is 0 Å². The van der Waals surface area contributed by atoms with Gasteiger partial charge in [-0.15, -0.1) is 0 Å². The van der Waals surface area contributed by atoms with Gasteiger partial charge in [-0.05, 0) is 20.4 Å². The number of nitrogens with one attached hydrogen (secondary N) is 1. The molecule has 1 N–H and O–H groups in total. The Hall–Kier alpha value is -0.870. The fourth-order valence-corrected chi connectivity index (χ4v) is 1.84. The van der Waals surface area contributed by atoms with E-state index in [0.29, 0.717) is 6.04 Å². The average molecular weight is 225 g/mol. The Bertz CT molecular complexity index is 298. The molecule has 0 spiro atoms.